The number of alkyl halides is 4. The summed E-state index contributed by atoms with van der Waals surface area (Å²) in [7, 11) is 0. The highest BCUT2D eigenvalue weighted by molar-refractivity contribution is 6.18. The summed E-state index contributed by atoms with van der Waals surface area (Å²) >= 11 is 0. The normalized spacial score (nSPS) is 12.2. The molecule has 144 valence electrons. The van der Waals surface area contributed by atoms with E-state index in [4.69, 9.17) is 0 Å². The highest BCUT2D eigenvalue weighted by Gasteiger charge is 2.31. The second kappa shape index (κ2) is 7.55. The van der Waals surface area contributed by atoms with Crippen LogP contribution in [-0.2, 0) is 17.6 Å². The van der Waals surface area contributed by atoms with Crippen molar-refractivity contribution in [1.82, 2.24) is 24.7 Å². The van der Waals surface area contributed by atoms with Crippen LogP contribution in [0.2, 0.25) is 0 Å². The molecule has 0 unspecified atom stereocenters. The number of aliphatic carboxylic acids is 1. The van der Waals surface area contributed by atoms with E-state index >= 15 is 0 Å². The fraction of sp³-hybridized carbons (Fsp3) is 0.118. The number of rotatable bonds is 5. The summed E-state index contributed by atoms with van der Waals surface area (Å²) in [5.41, 5.74) is -1.26. The Labute approximate surface area is 155 Å². The van der Waals surface area contributed by atoms with Crippen LogP contribution >= 0.6 is 0 Å². The number of halogens is 4. The molecule has 2 aromatic heterocycles. The molecule has 0 radical (unpaired) electrons. The Morgan fingerprint density at radius 2 is 1.89 bits per heavy atom. The number of aromatic nitrogens is 5. The van der Waals surface area contributed by atoms with Crippen LogP contribution in [0.1, 0.15) is 16.7 Å². The number of nitrogens with zero attached hydrogens (tertiary/aromatic N) is 5. The largest absolute Gasteiger partial charge is 0.478 e. The van der Waals surface area contributed by atoms with Crippen molar-refractivity contribution >= 4 is 17.7 Å². The number of carbonyl (C=O) groups is 1. The van der Waals surface area contributed by atoms with Gasteiger partial charge >= 0.3 is 12.1 Å². The molecular weight excluding hydrogens is 382 g/mol. The van der Waals surface area contributed by atoms with Crippen molar-refractivity contribution in [3.8, 4) is 11.4 Å². The van der Waals surface area contributed by atoms with Crippen molar-refractivity contribution in [3.05, 3.63) is 59.9 Å². The summed E-state index contributed by atoms with van der Waals surface area (Å²) in [4.78, 5) is 22.8. The van der Waals surface area contributed by atoms with Crippen LogP contribution in [0.5, 0.6) is 0 Å². The first kappa shape index (κ1) is 19.1. The standard InChI is InChI=1S/C17H11F4N5O2/c18-4-10-1-11(3-13(2-10)17(19,20)21)15-24-9-26(25-15)7-14(16(27)28)12-5-22-8-23-6-12/h1-3,5-9H,4H2,(H,27,28)/b14-7+. The Balaban J connectivity index is 2.01. The minimum atomic E-state index is -4.66. The van der Waals surface area contributed by atoms with Crippen LogP contribution in [0.3, 0.4) is 0 Å². The molecule has 3 rings (SSSR count). The summed E-state index contributed by atoms with van der Waals surface area (Å²) in [6.45, 7) is -1.09. The molecule has 0 aliphatic rings. The second-order valence-electron chi connectivity index (χ2n) is 5.57. The van der Waals surface area contributed by atoms with Crippen molar-refractivity contribution in [1.29, 1.82) is 0 Å². The third kappa shape index (κ3) is 4.19. The van der Waals surface area contributed by atoms with Crippen LogP contribution < -0.4 is 0 Å². The summed E-state index contributed by atoms with van der Waals surface area (Å²) in [6, 6.07) is 2.70. The summed E-state index contributed by atoms with van der Waals surface area (Å²) in [6.07, 6.45) is 1.37. The zero-order chi connectivity index (χ0) is 20.3. The fourth-order valence-corrected chi connectivity index (χ4v) is 2.35. The molecule has 0 spiro atoms. The SMILES string of the molecule is O=C(O)/C(=C/n1cnc(-c2cc(CF)cc(C(F)(F)F)c2)n1)c1cncnc1. The van der Waals surface area contributed by atoms with Crippen LogP contribution in [0.25, 0.3) is 23.2 Å². The Kier molecular flexibility index (Phi) is 5.16. The van der Waals surface area contributed by atoms with Gasteiger partial charge in [-0.2, -0.15) is 13.2 Å². The zero-order valence-electron chi connectivity index (χ0n) is 13.9. The number of hydrogen-bond acceptors (Lipinski definition) is 5. The quantitative estimate of drug-likeness (QED) is 0.528. The van der Waals surface area contributed by atoms with Gasteiger partial charge in [-0.3, -0.25) is 0 Å². The molecule has 0 saturated carbocycles. The maximum Gasteiger partial charge on any atom is 0.416 e. The predicted molar refractivity (Wildman–Crippen MR) is 89.1 cm³/mol. The Bertz CT molecular complexity index is 1030. The first-order chi connectivity index (χ1) is 13.3. The lowest BCUT2D eigenvalue weighted by Crippen LogP contribution is -2.06. The van der Waals surface area contributed by atoms with Crippen molar-refractivity contribution in [3.63, 3.8) is 0 Å². The third-order valence-corrected chi connectivity index (χ3v) is 3.60. The maximum absolute atomic E-state index is 13.0. The second-order valence-corrected chi connectivity index (χ2v) is 5.57. The molecule has 2 heterocycles. The molecule has 0 atom stereocenters. The monoisotopic (exact) mass is 393 g/mol. The Hall–Kier alpha value is -3.63. The number of carboxylic acid groups (broad SMARTS) is 1. The fourth-order valence-electron chi connectivity index (χ4n) is 2.35. The van der Waals surface area contributed by atoms with Crippen molar-refractivity contribution < 1.29 is 27.5 Å². The minimum absolute atomic E-state index is 0.0467. The van der Waals surface area contributed by atoms with E-state index in [9.17, 15) is 27.5 Å². The van der Waals surface area contributed by atoms with Crippen molar-refractivity contribution in [2.45, 2.75) is 12.9 Å². The van der Waals surface area contributed by atoms with E-state index in [1.165, 1.54) is 24.8 Å². The van der Waals surface area contributed by atoms with Crippen LogP contribution in [0, 0.1) is 0 Å². The first-order valence-corrected chi connectivity index (χ1v) is 7.67. The van der Waals surface area contributed by atoms with Crippen LogP contribution in [0.4, 0.5) is 17.6 Å². The molecule has 11 heteroatoms. The lowest BCUT2D eigenvalue weighted by molar-refractivity contribution is -0.137. The topological polar surface area (TPSA) is 93.8 Å². The van der Waals surface area contributed by atoms with Crippen LogP contribution in [-0.4, -0.2) is 35.8 Å². The first-order valence-electron chi connectivity index (χ1n) is 7.67. The molecule has 1 aromatic carbocycles. The highest BCUT2D eigenvalue weighted by Crippen LogP contribution is 2.33. The van der Waals surface area contributed by atoms with E-state index in [2.05, 4.69) is 20.1 Å². The highest BCUT2D eigenvalue weighted by atomic mass is 19.4. The van der Waals surface area contributed by atoms with E-state index in [-0.39, 0.29) is 28.1 Å². The Morgan fingerprint density at radius 1 is 1.18 bits per heavy atom. The zero-order valence-corrected chi connectivity index (χ0v) is 13.9. The molecule has 0 fully saturated rings. The molecular formula is C17H11F4N5O2. The molecule has 0 saturated heterocycles. The average Bonchev–Trinajstić information content (AvgIpc) is 3.14. The van der Waals surface area contributed by atoms with Gasteiger partial charge in [-0.15, -0.1) is 5.10 Å². The molecule has 0 aliphatic carbocycles. The molecule has 1 N–H and O–H groups in total. The lowest BCUT2D eigenvalue weighted by atomic mass is 10.1. The van der Waals surface area contributed by atoms with Gasteiger partial charge in [0.25, 0.3) is 0 Å². The number of hydrogen-bond donors (Lipinski definition) is 1. The molecule has 28 heavy (non-hydrogen) atoms. The average molecular weight is 393 g/mol. The van der Waals surface area contributed by atoms with Gasteiger partial charge in [0.2, 0.25) is 0 Å². The minimum Gasteiger partial charge on any atom is -0.478 e. The number of benzene rings is 1. The van der Waals surface area contributed by atoms with E-state index in [1.54, 1.807) is 0 Å². The van der Waals surface area contributed by atoms with Gasteiger partial charge in [0.15, 0.2) is 5.82 Å². The summed E-state index contributed by atoms with van der Waals surface area (Å²) in [5.74, 6) is -1.41. The third-order valence-electron chi connectivity index (χ3n) is 3.60. The molecule has 0 aliphatic heterocycles. The van der Waals surface area contributed by atoms with Gasteiger partial charge in [0.1, 0.15) is 19.3 Å². The predicted octanol–water partition coefficient (Wildman–Crippen LogP) is 3.31. The van der Waals surface area contributed by atoms with Crippen LogP contribution in [0.15, 0.2) is 43.2 Å². The molecule has 0 amide bonds. The van der Waals surface area contributed by atoms with Gasteiger partial charge < -0.3 is 5.11 Å². The molecule has 7 nitrogen and oxygen atoms in total. The van der Waals surface area contributed by atoms with Crippen molar-refractivity contribution in [2.24, 2.45) is 0 Å². The lowest BCUT2D eigenvalue weighted by Gasteiger charge is -2.09. The summed E-state index contributed by atoms with van der Waals surface area (Å²) in [5, 5.41) is 13.3. The van der Waals surface area contributed by atoms with Gasteiger partial charge in [-0.1, -0.05) is 0 Å². The smallest absolute Gasteiger partial charge is 0.416 e. The van der Waals surface area contributed by atoms with Gasteiger partial charge in [0, 0.05) is 29.7 Å². The van der Waals surface area contributed by atoms with E-state index < -0.39 is 24.4 Å². The maximum atomic E-state index is 13.0. The van der Waals surface area contributed by atoms with E-state index in [0.717, 1.165) is 23.3 Å². The van der Waals surface area contributed by atoms with Gasteiger partial charge in [-0.25, -0.2) is 28.8 Å². The number of carboxylic acids is 1. The van der Waals surface area contributed by atoms with Gasteiger partial charge in [0.05, 0.1) is 11.1 Å². The summed E-state index contributed by atoms with van der Waals surface area (Å²) < 4.78 is 53.0. The van der Waals surface area contributed by atoms with Gasteiger partial charge in [-0.05, 0) is 23.8 Å². The van der Waals surface area contributed by atoms with Crippen molar-refractivity contribution in [2.75, 3.05) is 0 Å². The molecule has 0 bridgehead atoms. The molecule has 3 aromatic rings. The van der Waals surface area contributed by atoms with E-state index in [1.807, 2.05) is 0 Å². The van der Waals surface area contributed by atoms with E-state index in [0.29, 0.717) is 6.07 Å². The Morgan fingerprint density at radius 3 is 2.50 bits per heavy atom.